The third kappa shape index (κ3) is 2.85. The first-order valence-corrected chi connectivity index (χ1v) is 8.99. The quantitative estimate of drug-likeness (QED) is 0.811. The van der Waals surface area contributed by atoms with Gasteiger partial charge in [-0.1, -0.05) is 0 Å². The van der Waals surface area contributed by atoms with Crippen molar-refractivity contribution in [1.82, 2.24) is 15.2 Å². The van der Waals surface area contributed by atoms with Gasteiger partial charge >= 0.3 is 5.97 Å². The predicted molar refractivity (Wildman–Crippen MR) is 90.0 cm³/mol. The smallest absolute Gasteiger partial charge is 0.337 e. The number of morpholine rings is 1. The molecule has 128 valence electrons. The molecule has 1 aromatic heterocycles. The Morgan fingerprint density at radius 2 is 2.25 bits per heavy atom. The van der Waals surface area contributed by atoms with Crippen LogP contribution in [0.1, 0.15) is 17.8 Å². The molecule has 24 heavy (non-hydrogen) atoms. The van der Waals surface area contributed by atoms with Crippen molar-refractivity contribution in [2.24, 2.45) is 4.99 Å². The third-order valence-electron chi connectivity index (χ3n) is 4.83. The minimum Gasteiger partial charge on any atom is -0.466 e. The number of aromatic nitrogens is 1. The molecule has 8 heteroatoms. The highest BCUT2D eigenvalue weighted by atomic mass is 32.1. The minimum absolute atomic E-state index is 0.319. The molecule has 2 atom stereocenters. The first-order valence-electron chi connectivity index (χ1n) is 8.11. The van der Waals surface area contributed by atoms with Crippen molar-refractivity contribution >= 4 is 23.1 Å². The minimum atomic E-state index is -0.319. The monoisotopic (exact) mass is 348 g/mol. The summed E-state index contributed by atoms with van der Waals surface area (Å²) >= 11 is 1.53. The van der Waals surface area contributed by atoms with E-state index in [1.54, 1.807) is 6.20 Å². The van der Waals surface area contributed by atoms with Gasteiger partial charge in [0.2, 0.25) is 0 Å². The van der Waals surface area contributed by atoms with Crippen molar-refractivity contribution in [2.45, 2.75) is 24.9 Å². The molecule has 2 fully saturated rings. The van der Waals surface area contributed by atoms with Crippen LogP contribution in [0.4, 0.5) is 0 Å². The van der Waals surface area contributed by atoms with E-state index in [2.05, 4.69) is 20.2 Å². The maximum Gasteiger partial charge on any atom is 0.337 e. The lowest BCUT2D eigenvalue weighted by atomic mass is 10.1. The summed E-state index contributed by atoms with van der Waals surface area (Å²) in [7, 11) is 1.41. The van der Waals surface area contributed by atoms with Crippen LogP contribution in [0.5, 0.6) is 0 Å². The Morgan fingerprint density at radius 1 is 1.46 bits per heavy atom. The molecule has 1 aromatic rings. The highest BCUT2D eigenvalue weighted by molar-refractivity contribution is 7.11. The fourth-order valence-corrected chi connectivity index (χ4v) is 4.17. The second-order valence-electron chi connectivity index (χ2n) is 6.17. The molecular weight excluding hydrogens is 328 g/mol. The van der Waals surface area contributed by atoms with E-state index in [0.717, 1.165) is 42.6 Å². The van der Waals surface area contributed by atoms with Crippen molar-refractivity contribution < 1.29 is 14.3 Å². The van der Waals surface area contributed by atoms with Gasteiger partial charge in [-0.3, -0.25) is 9.89 Å². The second-order valence-corrected chi connectivity index (χ2v) is 7.07. The summed E-state index contributed by atoms with van der Waals surface area (Å²) in [5, 5.41) is 6.08. The van der Waals surface area contributed by atoms with E-state index in [-0.39, 0.29) is 5.97 Å². The van der Waals surface area contributed by atoms with Crippen molar-refractivity contribution in [2.75, 3.05) is 33.4 Å². The maximum absolute atomic E-state index is 12.1. The molecule has 2 bridgehead atoms. The number of amidine groups is 1. The Bertz CT molecular complexity index is 670. The summed E-state index contributed by atoms with van der Waals surface area (Å²) < 4.78 is 10.6. The molecule has 0 saturated carbocycles. The molecule has 0 spiro atoms. The summed E-state index contributed by atoms with van der Waals surface area (Å²) in [5.41, 5.74) is 1.48. The van der Waals surface area contributed by atoms with Gasteiger partial charge in [0.05, 0.1) is 32.4 Å². The van der Waals surface area contributed by atoms with Gasteiger partial charge in [0, 0.05) is 35.9 Å². The number of methoxy groups -OCH3 is 1. The van der Waals surface area contributed by atoms with Crippen molar-refractivity contribution in [1.29, 1.82) is 0 Å². The number of carbonyl (C=O) groups is 1. The predicted octanol–water partition coefficient (Wildman–Crippen LogP) is 0.783. The molecule has 4 heterocycles. The average molecular weight is 348 g/mol. The summed E-state index contributed by atoms with van der Waals surface area (Å²) in [5.74, 6) is 0.410. The van der Waals surface area contributed by atoms with E-state index in [4.69, 9.17) is 9.47 Å². The van der Waals surface area contributed by atoms with Crippen molar-refractivity contribution in [3.05, 3.63) is 27.9 Å². The molecule has 2 unspecified atom stereocenters. The van der Waals surface area contributed by atoms with Gasteiger partial charge in [-0.2, -0.15) is 0 Å². The van der Waals surface area contributed by atoms with Crippen LogP contribution in [0.15, 0.2) is 27.8 Å². The van der Waals surface area contributed by atoms with Crippen LogP contribution in [0, 0.1) is 0 Å². The van der Waals surface area contributed by atoms with Crippen LogP contribution in [-0.4, -0.2) is 67.2 Å². The zero-order chi connectivity index (χ0) is 16.5. The molecule has 0 aromatic carbocycles. The lowest BCUT2D eigenvalue weighted by Crippen LogP contribution is -2.49. The van der Waals surface area contributed by atoms with Crippen LogP contribution < -0.4 is 5.32 Å². The number of esters is 1. The summed E-state index contributed by atoms with van der Waals surface area (Å²) in [6.45, 7) is 2.55. The van der Waals surface area contributed by atoms with Crippen LogP contribution in [0.3, 0.4) is 0 Å². The molecule has 3 aliphatic rings. The van der Waals surface area contributed by atoms with Gasteiger partial charge in [-0.25, -0.2) is 9.78 Å². The molecule has 0 aliphatic carbocycles. The highest BCUT2D eigenvalue weighted by Gasteiger charge is 2.38. The number of rotatable bonds is 4. The Hall–Kier alpha value is -1.77. The van der Waals surface area contributed by atoms with Gasteiger partial charge in [-0.15, -0.1) is 11.3 Å². The van der Waals surface area contributed by atoms with Crippen molar-refractivity contribution in [3.8, 4) is 0 Å². The fourth-order valence-electron chi connectivity index (χ4n) is 3.57. The Morgan fingerprint density at radius 3 is 2.92 bits per heavy atom. The number of nitrogens with one attached hydrogen (secondary N) is 1. The summed E-state index contributed by atoms with van der Waals surface area (Å²) in [6.07, 6.45) is 4.06. The standard InChI is InChI=1S/C16H20N4O3S/c1-22-16(21)12-6-18-14(15-17-4-5-24-15)19-13(12)7-20-10-2-3-11(20)9-23-8-10/h4-5,10-11H,2-3,6-9H2,1H3,(H,18,19). The summed E-state index contributed by atoms with van der Waals surface area (Å²) in [4.78, 5) is 23.4. The topological polar surface area (TPSA) is 76.0 Å². The first kappa shape index (κ1) is 15.7. The zero-order valence-electron chi connectivity index (χ0n) is 13.5. The molecule has 3 aliphatic heterocycles. The maximum atomic E-state index is 12.1. The summed E-state index contributed by atoms with van der Waals surface area (Å²) in [6, 6.07) is 0.859. The number of hydrogen-bond acceptors (Lipinski definition) is 8. The SMILES string of the molecule is COC(=O)C1=C(CN2C3CCC2COC3)NC(c2nccs2)=NC1. The van der Waals surface area contributed by atoms with Crippen LogP contribution in [0.25, 0.3) is 0 Å². The molecule has 1 N–H and O–H groups in total. The van der Waals surface area contributed by atoms with Gasteiger partial charge in [-0.05, 0) is 12.8 Å². The highest BCUT2D eigenvalue weighted by Crippen LogP contribution is 2.30. The van der Waals surface area contributed by atoms with E-state index in [0.29, 0.717) is 30.7 Å². The van der Waals surface area contributed by atoms with Crippen LogP contribution >= 0.6 is 11.3 Å². The number of thiazole rings is 1. The molecule has 7 nitrogen and oxygen atoms in total. The number of ether oxygens (including phenoxy) is 2. The van der Waals surface area contributed by atoms with Crippen molar-refractivity contribution in [3.63, 3.8) is 0 Å². The van der Waals surface area contributed by atoms with Gasteiger partial charge in [0.25, 0.3) is 0 Å². The second kappa shape index (κ2) is 6.62. The largest absolute Gasteiger partial charge is 0.466 e. The zero-order valence-corrected chi connectivity index (χ0v) is 14.3. The lowest BCUT2D eigenvalue weighted by molar-refractivity contribution is -0.136. The number of aliphatic imine (C=N–C) groups is 1. The fraction of sp³-hybridized carbons (Fsp3) is 0.562. The lowest BCUT2D eigenvalue weighted by Gasteiger charge is -2.36. The van der Waals surface area contributed by atoms with Gasteiger partial charge in [0.15, 0.2) is 10.8 Å². The molecule has 0 radical (unpaired) electrons. The molecule has 4 rings (SSSR count). The van der Waals surface area contributed by atoms with E-state index in [1.807, 2.05) is 5.38 Å². The van der Waals surface area contributed by atoms with Crippen LogP contribution in [0.2, 0.25) is 0 Å². The van der Waals surface area contributed by atoms with Gasteiger partial charge < -0.3 is 14.8 Å². The number of fused-ring (bicyclic) bond motifs is 2. The Kier molecular flexibility index (Phi) is 4.34. The first-order chi connectivity index (χ1) is 11.8. The van der Waals surface area contributed by atoms with Gasteiger partial charge in [0.1, 0.15) is 0 Å². The van der Waals surface area contributed by atoms with Crippen LogP contribution in [-0.2, 0) is 14.3 Å². The number of nitrogens with zero attached hydrogens (tertiary/aromatic N) is 3. The molecular formula is C16H20N4O3S. The molecule has 2 saturated heterocycles. The Labute approximate surface area is 144 Å². The number of hydrogen-bond donors (Lipinski definition) is 1. The average Bonchev–Trinajstić information content (AvgIpc) is 3.20. The third-order valence-corrected chi connectivity index (χ3v) is 5.61. The Balaban J connectivity index is 1.58. The number of carbonyl (C=O) groups excluding carboxylic acids is 1. The molecule has 0 amide bonds. The van der Waals surface area contributed by atoms with E-state index < -0.39 is 0 Å². The van der Waals surface area contributed by atoms with E-state index in [1.165, 1.54) is 18.4 Å². The van der Waals surface area contributed by atoms with E-state index in [9.17, 15) is 4.79 Å². The van der Waals surface area contributed by atoms with E-state index >= 15 is 0 Å². The normalized spacial score (nSPS) is 27.0.